The van der Waals surface area contributed by atoms with E-state index in [0.717, 1.165) is 5.82 Å². The van der Waals surface area contributed by atoms with Crippen molar-refractivity contribution in [1.29, 1.82) is 0 Å². The summed E-state index contributed by atoms with van der Waals surface area (Å²) >= 11 is 0. The van der Waals surface area contributed by atoms with Gasteiger partial charge in [-0.1, -0.05) is 0 Å². The molecule has 0 atom stereocenters. The van der Waals surface area contributed by atoms with Gasteiger partial charge in [0.25, 0.3) is 10.0 Å². The summed E-state index contributed by atoms with van der Waals surface area (Å²) in [7, 11) is -3.70. The Bertz CT molecular complexity index is 726. The highest BCUT2D eigenvalue weighted by molar-refractivity contribution is 7.89. The molecule has 0 aliphatic carbocycles. The zero-order valence-corrected chi connectivity index (χ0v) is 11.4. The number of nitrogens with two attached hydrogens (primary N) is 1. The van der Waals surface area contributed by atoms with Gasteiger partial charge in [0.1, 0.15) is 5.82 Å². The first-order chi connectivity index (χ1) is 9.63. The van der Waals surface area contributed by atoms with Crippen LogP contribution in [-0.2, 0) is 23.1 Å². The van der Waals surface area contributed by atoms with Crippen LogP contribution in [0.2, 0.25) is 0 Å². The molecule has 0 radical (unpaired) electrons. The van der Waals surface area contributed by atoms with Crippen LogP contribution in [0.15, 0.2) is 35.7 Å². The van der Waals surface area contributed by atoms with E-state index in [9.17, 15) is 8.42 Å². The van der Waals surface area contributed by atoms with Crippen LogP contribution in [0.3, 0.4) is 0 Å². The maximum Gasteiger partial charge on any atom is 0.263 e. The quantitative estimate of drug-likeness (QED) is 0.598. The van der Waals surface area contributed by atoms with Crippen LogP contribution < -0.4 is 11.3 Å². The number of fused-ring (bicyclic) bond motifs is 1. The third-order valence-electron chi connectivity index (χ3n) is 3.22. The number of aromatic nitrogens is 3. The SMILES string of the molecule is NNc1cccnc1S(=O)(=O)N1CCn2ccnc2C1. The molecule has 8 nitrogen and oxygen atoms in total. The van der Waals surface area contributed by atoms with Gasteiger partial charge < -0.3 is 9.99 Å². The molecule has 0 bridgehead atoms. The predicted molar refractivity (Wildman–Crippen MR) is 71.9 cm³/mol. The summed E-state index contributed by atoms with van der Waals surface area (Å²) in [6, 6.07) is 3.20. The van der Waals surface area contributed by atoms with Crippen molar-refractivity contribution in [3.05, 3.63) is 36.5 Å². The maximum absolute atomic E-state index is 12.6. The number of hydrazine groups is 1. The van der Waals surface area contributed by atoms with Gasteiger partial charge in [-0.3, -0.25) is 5.84 Å². The maximum atomic E-state index is 12.6. The van der Waals surface area contributed by atoms with Gasteiger partial charge in [-0.15, -0.1) is 0 Å². The Morgan fingerprint density at radius 1 is 1.25 bits per heavy atom. The lowest BCUT2D eigenvalue weighted by Gasteiger charge is -2.27. The summed E-state index contributed by atoms with van der Waals surface area (Å²) < 4.78 is 28.6. The molecule has 0 amide bonds. The van der Waals surface area contributed by atoms with E-state index in [4.69, 9.17) is 5.84 Å². The van der Waals surface area contributed by atoms with Crippen LogP contribution in [0, 0.1) is 0 Å². The van der Waals surface area contributed by atoms with Crippen LogP contribution in [0.1, 0.15) is 5.82 Å². The second kappa shape index (κ2) is 4.85. The smallest absolute Gasteiger partial charge is 0.263 e. The molecule has 0 fully saturated rings. The van der Waals surface area contributed by atoms with E-state index in [0.29, 0.717) is 13.1 Å². The van der Waals surface area contributed by atoms with Gasteiger partial charge >= 0.3 is 0 Å². The number of hydrogen-bond donors (Lipinski definition) is 2. The average Bonchev–Trinajstić information content (AvgIpc) is 2.94. The molecule has 106 valence electrons. The first kappa shape index (κ1) is 13.0. The van der Waals surface area contributed by atoms with Crippen molar-refractivity contribution in [1.82, 2.24) is 18.8 Å². The van der Waals surface area contributed by atoms with E-state index in [1.54, 1.807) is 18.3 Å². The number of anilines is 1. The number of imidazole rings is 1. The van der Waals surface area contributed by atoms with Crippen molar-refractivity contribution in [2.24, 2.45) is 5.84 Å². The Labute approximate surface area is 116 Å². The van der Waals surface area contributed by atoms with Crippen molar-refractivity contribution in [2.45, 2.75) is 18.1 Å². The standard InChI is InChI=1S/C11H14N6O2S/c12-15-9-2-1-3-14-11(9)20(18,19)17-7-6-16-5-4-13-10(16)8-17/h1-5,15H,6-8,12H2. The molecule has 3 rings (SSSR count). The lowest BCUT2D eigenvalue weighted by atomic mass is 10.4. The van der Waals surface area contributed by atoms with Crippen LogP contribution in [0.5, 0.6) is 0 Å². The minimum Gasteiger partial charge on any atom is -0.333 e. The van der Waals surface area contributed by atoms with Crippen molar-refractivity contribution in [3.63, 3.8) is 0 Å². The second-order valence-corrected chi connectivity index (χ2v) is 6.23. The van der Waals surface area contributed by atoms with E-state index in [1.807, 2.05) is 10.8 Å². The number of nitrogen functional groups attached to an aromatic ring is 1. The van der Waals surface area contributed by atoms with Crippen LogP contribution in [-0.4, -0.2) is 33.8 Å². The van der Waals surface area contributed by atoms with E-state index in [-0.39, 0.29) is 17.3 Å². The molecule has 0 saturated carbocycles. The van der Waals surface area contributed by atoms with Crippen LogP contribution in [0.4, 0.5) is 5.69 Å². The topological polar surface area (TPSA) is 106 Å². The Morgan fingerprint density at radius 3 is 2.90 bits per heavy atom. The molecule has 0 saturated heterocycles. The fourth-order valence-corrected chi connectivity index (χ4v) is 3.64. The van der Waals surface area contributed by atoms with Crippen molar-refractivity contribution in [2.75, 3.05) is 12.0 Å². The summed E-state index contributed by atoms with van der Waals surface area (Å²) in [6.07, 6.45) is 4.94. The minimum atomic E-state index is -3.70. The Kier molecular flexibility index (Phi) is 3.16. The van der Waals surface area contributed by atoms with Gasteiger partial charge in [-0.25, -0.2) is 18.4 Å². The van der Waals surface area contributed by atoms with Crippen molar-refractivity contribution < 1.29 is 8.42 Å². The Morgan fingerprint density at radius 2 is 2.10 bits per heavy atom. The van der Waals surface area contributed by atoms with Gasteiger partial charge in [0, 0.05) is 31.7 Å². The zero-order chi connectivity index (χ0) is 14.2. The highest BCUT2D eigenvalue weighted by atomic mass is 32.2. The molecule has 1 aliphatic rings. The van der Waals surface area contributed by atoms with Gasteiger partial charge in [-0.05, 0) is 12.1 Å². The number of nitrogens with one attached hydrogen (secondary N) is 1. The normalized spacial score (nSPS) is 15.8. The fourth-order valence-electron chi connectivity index (χ4n) is 2.19. The summed E-state index contributed by atoms with van der Waals surface area (Å²) in [5.41, 5.74) is 2.64. The Balaban J connectivity index is 1.97. The van der Waals surface area contributed by atoms with Gasteiger partial charge in [0.15, 0.2) is 5.03 Å². The van der Waals surface area contributed by atoms with Crippen molar-refractivity contribution in [3.8, 4) is 0 Å². The van der Waals surface area contributed by atoms with Gasteiger partial charge in [-0.2, -0.15) is 4.31 Å². The highest BCUT2D eigenvalue weighted by Crippen LogP contribution is 2.24. The lowest BCUT2D eigenvalue weighted by molar-refractivity contribution is 0.334. The molecule has 2 aromatic rings. The molecule has 2 aromatic heterocycles. The fraction of sp³-hybridized carbons (Fsp3) is 0.273. The van der Waals surface area contributed by atoms with Gasteiger partial charge in [0.2, 0.25) is 0 Å². The Hall–Kier alpha value is -1.97. The van der Waals surface area contributed by atoms with E-state index >= 15 is 0 Å². The second-order valence-electron chi connectivity index (χ2n) is 4.38. The molecule has 20 heavy (non-hydrogen) atoms. The van der Waals surface area contributed by atoms with E-state index in [2.05, 4.69) is 15.4 Å². The summed E-state index contributed by atoms with van der Waals surface area (Å²) in [6.45, 7) is 1.19. The number of sulfonamides is 1. The third kappa shape index (κ3) is 2.05. The number of rotatable bonds is 3. The van der Waals surface area contributed by atoms with E-state index in [1.165, 1.54) is 10.5 Å². The molecule has 9 heteroatoms. The summed E-state index contributed by atoms with van der Waals surface area (Å²) in [5, 5.41) is -0.0671. The number of hydrogen-bond acceptors (Lipinski definition) is 6. The first-order valence-electron chi connectivity index (χ1n) is 6.05. The highest BCUT2D eigenvalue weighted by Gasteiger charge is 2.31. The molecule has 0 aromatic carbocycles. The molecule has 0 unspecified atom stereocenters. The largest absolute Gasteiger partial charge is 0.333 e. The molecule has 1 aliphatic heterocycles. The third-order valence-corrected chi connectivity index (χ3v) is 5.03. The molecular formula is C11H14N6O2S. The minimum absolute atomic E-state index is 0.0671. The van der Waals surface area contributed by atoms with Crippen LogP contribution in [0.25, 0.3) is 0 Å². The lowest BCUT2D eigenvalue weighted by Crippen LogP contribution is -2.39. The zero-order valence-electron chi connectivity index (χ0n) is 10.6. The molecule has 3 N–H and O–H groups in total. The van der Waals surface area contributed by atoms with E-state index < -0.39 is 10.0 Å². The van der Waals surface area contributed by atoms with Crippen molar-refractivity contribution >= 4 is 15.7 Å². The average molecular weight is 294 g/mol. The molecule has 0 spiro atoms. The summed E-state index contributed by atoms with van der Waals surface area (Å²) in [4.78, 5) is 8.09. The molecule has 3 heterocycles. The number of pyridine rings is 1. The molecular weight excluding hydrogens is 280 g/mol. The first-order valence-corrected chi connectivity index (χ1v) is 7.49. The number of nitrogens with zero attached hydrogens (tertiary/aromatic N) is 4. The monoisotopic (exact) mass is 294 g/mol. The van der Waals surface area contributed by atoms with Crippen LogP contribution >= 0.6 is 0 Å². The van der Waals surface area contributed by atoms with Gasteiger partial charge in [0.05, 0.1) is 12.2 Å². The summed E-state index contributed by atoms with van der Waals surface area (Å²) in [5.74, 6) is 6.07. The predicted octanol–water partition coefficient (Wildman–Crippen LogP) is -0.232.